The molecule has 0 spiro atoms. The fourth-order valence-electron chi connectivity index (χ4n) is 3.58. The first-order valence-corrected chi connectivity index (χ1v) is 8.84. The second kappa shape index (κ2) is 6.44. The van der Waals surface area contributed by atoms with Crippen LogP contribution in [0.15, 0.2) is 24.3 Å². The molecule has 1 aliphatic rings. The average Bonchev–Trinajstić information content (AvgIpc) is 2.94. The number of nitrogens with one attached hydrogen (secondary N) is 2. The van der Waals surface area contributed by atoms with Crippen molar-refractivity contribution in [1.29, 1.82) is 0 Å². The third-order valence-corrected chi connectivity index (χ3v) is 4.82. The Morgan fingerprint density at radius 3 is 2.88 bits per heavy atom. The highest BCUT2D eigenvalue weighted by Gasteiger charge is 2.18. The van der Waals surface area contributed by atoms with Crippen molar-refractivity contribution in [2.75, 3.05) is 25.5 Å². The lowest BCUT2D eigenvalue weighted by Crippen LogP contribution is -2.39. The lowest BCUT2D eigenvalue weighted by molar-refractivity contribution is 0.260. The van der Waals surface area contributed by atoms with Crippen LogP contribution in [0.1, 0.15) is 24.1 Å². The second-order valence-electron chi connectivity index (χ2n) is 7.09. The monoisotopic (exact) mass is 336 g/mol. The van der Waals surface area contributed by atoms with Crippen LogP contribution in [0.4, 0.5) is 5.82 Å². The molecular weight excluding hydrogens is 312 g/mol. The molecule has 1 atom stereocenters. The van der Waals surface area contributed by atoms with E-state index in [9.17, 15) is 0 Å². The Morgan fingerprint density at radius 2 is 2.08 bits per heavy atom. The topological polar surface area (TPSA) is 69.7 Å². The van der Waals surface area contributed by atoms with Gasteiger partial charge in [0.1, 0.15) is 17.2 Å². The minimum atomic E-state index is 0.440. The van der Waals surface area contributed by atoms with E-state index in [1.807, 2.05) is 13.0 Å². The van der Waals surface area contributed by atoms with E-state index in [0.717, 1.165) is 46.0 Å². The predicted octanol–water partition coefficient (Wildman–Crippen LogP) is 3.14. The van der Waals surface area contributed by atoms with Crippen LogP contribution in [-0.2, 0) is 0 Å². The summed E-state index contributed by atoms with van der Waals surface area (Å²) >= 11 is 0. The number of aryl methyl sites for hydroxylation is 2. The van der Waals surface area contributed by atoms with Crippen molar-refractivity contribution >= 4 is 16.9 Å². The standard InChI is InChI=1S/C19H24N6/c1-12-9-17(21-15-5-4-8-25(3)11-15)23-24-18(12)16-7-6-14-10-13(2)20-19(14)22-16/h6-7,9-10,15H,4-5,8,11H2,1-3H3,(H,20,22)(H,21,23)/t15-/m1/s1. The molecule has 4 rings (SSSR count). The highest BCUT2D eigenvalue weighted by Crippen LogP contribution is 2.24. The molecule has 0 bridgehead atoms. The number of hydrogen-bond donors (Lipinski definition) is 2. The van der Waals surface area contributed by atoms with E-state index in [1.165, 1.54) is 19.4 Å². The molecule has 1 aliphatic heterocycles. The zero-order valence-electron chi connectivity index (χ0n) is 15.0. The molecule has 2 N–H and O–H groups in total. The summed E-state index contributed by atoms with van der Waals surface area (Å²) in [6.45, 7) is 6.32. The third-order valence-electron chi connectivity index (χ3n) is 4.82. The van der Waals surface area contributed by atoms with E-state index in [0.29, 0.717) is 6.04 Å². The molecule has 6 nitrogen and oxygen atoms in total. The van der Waals surface area contributed by atoms with E-state index >= 15 is 0 Å². The van der Waals surface area contributed by atoms with Gasteiger partial charge in [0.25, 0.3) is 0 Å². The van der Waals surface area contributed by atoms with Crippen molar-refractivity contribution in [2.24, 2.45) is 0 Å². The molecule has 0 radical (unpaired) electrons. The van der Waals surface area contributed by atoms with Gasteiger partial charge in [-0.2, -0.15) is 0 Å². The fourth-order valence-corrected chi connectivity index (χ4v) is 3.58. The summed E-state index contributed by atoms with van der Waals surface area (Å²) in [7, 11) is 2.16. The number of anilines is 1. The van der Waals surface area contributed by atoms with Gasteiger partial charge in [-0.15, -0.1) is 10.2 Å². The van der Waals surface area contributed by atoms with Crippen molar-refractivity contribution in [2.45, 2.75) is 32.7 Å². The van der Waals surface area contributed by atoms with E-state index in [2.05, 4.69) is 57.6 Å². The minimum absolute atomic E-state index is 0.440. The van der Waals surface area contributed by atoms with Crippen LogP contribution in [0.2, 0.25) is 0 Å². The lowest BCUT2D eigenvalue weighted by Gasteiger charge is -2.30. The lowest BCUT2D eigenvalue weighted by atomic mass is 10.1. The summed E-state index contributed by atoms with van der Waals surface area (Å²) in [5.41, 5.74) is 4.77. The summed E-state index contributed by atoms with van der Waals surface area (Å²) in [6.07, 6.45) is 2.40. The summed E-state index contributed by atoms with van der Waals surface area (Å²) < 4.78 is 0. The molecular formula is C19H24N6. The zero-order valence-corrected chi connectivity index (χ0v) is 15.0. The molecule has 0 saturated carbocycles. The molecule has 0 aromatic carbocycles. The van der Waals surface area contributed by atoms with Crippen molar-refractivity contribution in [3.05, 3.63) is 35.5 Å². The summed E-state index contributed by atoms with van der Waals surface area (Å²) in [5, 5.41) is 13.5. The van der Waals surface area contributed by atoms with E-state index in [-0.39, 0.29) is 0 Å². The third kappa shape index (κ3) is 3.35. The zero-order chi connectivity index (χ0) is 17.4. The van der Waals surface area contributed by atoms with Crippen LogP contribution in [0.3, 0.4) is 0 Å². The van der Waals surface area contributed by atoms with Gasteiger partial charge in [-0.3, -0.25) is 0 Å². The Balaban J connectivity index is 1.58. The van der Waals surface area contributed by atoms with E-state index in [4.69, 9.17) is 4.98 Å². The Kier molecular flexibility index (Phi) is 4.13. The van der Waals surface area contributed by atoms with Gasteiger partial charge < -0.3 is 15.2 Å². The van der Waals surface area contributed by atoms with Crippen molar-refractivity contribution in [3.8, 4) is 11.4 Å². The van der Waals surface area contributed by atoms with Gasteiger partial charge >= 0.3 is 0 Å². The number of nitrogens with zero attached hydrogens (tertiary/aromatic N) is 4. The Hall–Kier alpha value is -2.47. The first-order valence-electron chi connectivity index (χ1n) is 8.84. The van der Waals surface area contributed by atoms with Gasteiger partial charge in [0, 0.05) is 23.7 Å². The van der Waals surface area contributed by atoms with Crippen molar-refractivity contribution in [3.63, 3.8) is 0 Å². The second-order valence-corrected chi connectivity index (χ2v) is 7.09. The van der Waals surface area contributed by atoms with Crippen LogP contribution in [0.5, 0.6) is 0 Å². The van der Waals surface area contributed by atoms with Gasteiger partial charge in [-0.05, 0) is 70.1 Å². The maximum absolute atomic E-state index is 4.70. The van der Waals surface area contributed by atoms with Gasteiger partial charge in [0.05, 0.1) is 5.69 Å². The number of aromatic amines is 1. The van der Waals surface area contributed by atoms with Gasteiger partial charge in [-0.1, -0.05) is 0 Å². The summed E-state index contributed by atoms with van der Waals surface area (Å²) in [5.74, 6) is 0.846. The van der Waals surface area contributed by atoms with E-state index < -0.39 is 0 Å². The molecule has 3 aromatic heterocycles. The van der Waals surface area contributed by atoms with Crippen molar-refractivity contribution in [1.82, 2.24) is 25.1 Å². The highest BCUT2D eigenvalue weighted by atomic mass is 15.2. The number of fused-ring (bicyclic) bond motifs is 1. The normalized spacial score (nSPS) is 18.6. The Labute approximate surface area is 147 Å². The summed E-state index contributed by atoms with van der Waals surface area (Å²) in [6, 6.07) is 8.69. The maximum atomic E-state index is 4.70. The number of likely N-dealkylation sites (N-methyl/N-ethyl adjacent to an activating group) is 1. The molecule has 0 aliphatic carbocycles. The molecule has 1 saturated heterocycles. The maximum Gasteiger partial charge on any atom is 0.149 e. The average molecular weight is 336 g/mol. The van der Waals surface area contributed by atoms with Gasteiger partial charge in [0.2, 0.25) is 0 Å². The van der Waals surface area contributed by atoms with Crippen LogP contribution < -0.4 is 5.32 Å². The Morgan fingerprint density at radius 1 is 1.20 bits per heavy atom. The quantitative estimate of drug-likeness (QED) is 0.769. The number of hydrogen-bond acceptors (Lipinski definition) is 5. The molecule has 6 heteroatoms. The summed E-state index contributed by atoms with van der Waals surface area (Å²) in [4.78, 5) is 10.3. The number of pyridine rings is 1. The number of H-pyrrole nitrogens is 1. The molecule has 0 unspecified atom stereocenters. The number of rotatable bonds is 3. The largest absolute Gasteiger partial charge is 0.365 e. The number of aromatic nitrogens is 4. The molecule has 3 aromatic rings. The van der Waals surface area contributed by atoms with Crippen LogP contribution in [0, 0.1) is 13.8 Å². The minimum Gasteiger partial charge on any atom is -0.365 e. The van der Waals surface area contributed by atoms with Crippen LogP contribution in [-0.4, -0.2) is 51.2 Å². The fraction of sp³-hybridized carbons (Fsp3) is 0.421. The molecule has 130 valence electrons. The first kappa shape index (κ1) is 16.0. The van der Waals surface area contributed by atoms with Gasteiger partial charge in [-0.25, -0.2) is 4.98 Å². The van der Waals surface area contributed by atoms with Crippen molar-refractivity contribution < 1.29 is 0 Å². The van der Waals surface area contributed by atoms with E-state index in [1.54, 1.807) is 0 Å². The molecule has 4 heterocycles. The smallest absolute Gasteiger partial charge is 0.149 e. The molecule has 25 heavy (non-hydrogen) atoms. The van der Waals surface area contributed by atoms with Gasteiger partial charge in [0.15, 0.2) is 0 Å². The van der Waals surface area contributed by atoms with Crippen LogP contribution in [0.25, 0.3) is 22.4 Å². The number of likely N-dealkylation sites (tertiary alicyclic amines) is 1. The molecule has 1 fully saturated rings. The van der Waals surface area contributed by atoms with Crippen LogP contribution >= 0.6 is 0 Å². The first-order chi connectivity index (χ1) is 12.1. The number of piperidine rings is 1. The molecule has 0 amide bonds. The predicted molar refractivity (Wildman–Crippen MR) is 101 cm³/mol. The SMILES string of the molecule is Cc1cc2ccc(-c3nnc(N[C@@H]4CCCN(C)C4)cc3C)nc2[nH]1. The Bertz CT molecular complexity index is 900. The highest BCUT2D eigenvalue weighted by molar-refractivity contribution is 5.79.